The van der Waals surface area contributed by atoms with Gasteiger partial charge in [0, 0.05) is 11.8 Å². The van der Waals surface area contributed by atoms with E-state index in [-0.39, 0.29) is 0 Å². The lowest BCUT2D eigenvalue weighted by Crippen LogP contribution is -2.09. The number of nitrogens with zero attached hydrogens (tertiary/aromatic N) is 1. The smallest absolute Gasteiger partial charge is 0.221 e. The van der Waals surface area contributed by atoms with Crippen molar-refractivity contribution >= 4 is 0 Å². The first-order valence-electron chi connectivity index (χ1n) is 6.65. The number of hydrogen-bond acceptors (Lipinski definition) is 3. The third-order valence-electron chi connectivity index (χ3n) is 3.91. The summed E-state index contributed by atoms with van der Waals surface area (Å²) in [6, 6.07) is 10.6. The molecule has 0 amide bonds. The zero-order valence-electron chi connectivity index (χ0n) is 11.1. The van der Waals surface area contributed by atoms with E-state index < -0.39 is 0 Å². The third kappa shape index (κ3) is 2.10. The van der Waals surface area contributed by atoms with E-state index in [1.54, 1.807) is 13.3 Å². The Kier molecular flexibility index (Phi) is 3.22. The van der Waals surface area contributed by atoms with Gasteiger partial charge in [-0.1, -0.05) is 18.2 Å². The molecule has 3 heteroatoms. The van der Waals surface area contributed by atoms with Crippen molar-refractivity contribution in [1.82, 2.24) is 4.98 Å². The fourth-order valence-corrected chi connectivity index (χ4v) is 2.87. The molecule has 0 bridgehead atoms. The SMILES string of the molecule is COc1ncccc1-c1ccc2c(c1)C(CN)CC2. The average molecular weight is 254 g/mol. The minimum absolute atomic E-state index is 0.498. The number of pyridine rings is 1. The van der Waals surface area contributed by atoms with Crippen molar-refractivity contribution < 1.29 is 4.74 Å². The molecule has 0 radical (unpaired) electrons. The molecule has 19 heavy (non-hydrogen) atoms. The van der Waals surface area contributed by atoms with E-state index in [9.17, 15) is 0 Å². The molecule has 0 fully saturated rings. The van der Waals surface area contributed by atoms with Gasteiger partial charge in [0.1, 0.15) is 0 Å². The summed E-state index contributed by atoms with van der Waals surface area (Å²) >= 11 is 0. The van der Waals surface area contributed by atoms with E-state index in [4.69, 9.17) is 10.5 Å². The lowest BCUT2D eigenvalue weighted by Gasteiger charge is -2.12. The van der Waals surface area contributed by atoms with E-state index in [0.717, 1.165) is 24.1 Å². The van der Waals surface area contributed by atoms with E-state index in [1.807, 2.05) is 12.1 Å². The van der Waals surface area contributed by atoms with Crippen molar-refractivity contribution in [3.63, 3.8) is 0 Å². The molecule has 1 unspecified atom stereocenters. The molecular formula is C16H18N2O. The van der Waals surface area contributed by atoms with Gasteiger partial charge in [-0.15, -0.1) is 0 Å². The number of fused-ring (bicyclic) bond motifs is 1. The Hall–Kier alpha value is -1.87. The van der Waals surface area contributed by atoms with E-state index in [0.29, 0.717) is 11.8 Å². The molecule has 98 valence electrons. The highest BCUT2D eigenvalue weighted by atomic mass is 16.5. The molecule has 3 rings (SSSR count). The molecule has 1 aliphatic rings. The molecule has 0 saturated carbocycles. The highest BCUT2D eigenvalue weighted by Gasteiger charge is 2.22. The standard InChI is InChI=1S/C16H18N2O/c1-19-16-14(3-2-8-18-16)12-6-4-11-5-7-13(10-17)15(11)9-12/h2-4,6,8-9,13H,5,7,10,17H2,1H3. The molecule has 1 aromatic carbocycles. The number of benzene rings is 1. The van der Waals surface area contributed by atoms with Crippen LogP contribution in [0.5, 0.6) is 5.88 Å². The molecule has 1 aliphatic carbocycles. The minimum atomic E-state index is 0.498. The maximum absolute atomic E-state index is 5.86. The molecular weight excluding hydrogens is 236 g/mol. The van der Waals surface area contributed by atoms with Crippen molar-refractivity contribution in [1.29, 1.82) is 0 Å². The number of aryl methyl sites for hydroxylation is 1. The summed E-state index contributed by atoms with van der Waals surface area (Å²) in [7, 11) is 1.65. The molecule has 0 aliphatic heterocycles. The number of aromatic nitrogens is 1. The highest BCUT2D eigenvalue weighted by Crippen LogP contribution is 2.36. The summed E-state index contributed by atoms with van der Waals surface area (Å²) < 4.78 is 5.34. The molecule has 0 spiro atoms. The first kappa shape index (κ1) is 12.2. The Morgan fingerprint density at radius 2 is 2.26 bits per heavy atom. The summed E-state index contributed by atoms with van der Waals surface area (Å²) in [5.41, 5.74) is 10.9. The maximum atomic E-state index is 5.86. The van der Waals surface area contributed by atoms with Gasteiger partial charge in [-0.05, 0) is 54.1 Å². The molecule has 2 N–H and O–H groups in total. The van der Waals surface area contributed by atoms with Gasteiger partial charge in [0.15, 0.2) is 0 Å². The number of rotatable bonds is 3. The van der Waals surface area contributed by atoms with Crippen molar-refractivity contribution in [2.24, 2.45) is 5.73 Å². The Balaban J connectivity index is 2.07. The van der Waals surface area contributed by atoms with Gasteiger partial charge in [-0.3, -0.25) is 0 Å². The van der Waals surface area contributed by atoms with Gasteiger partial charge in [0.05, 0.1) is 7.11 Å². The second-order valence-electron chi connectivity index (χ2n) is 4.95. The quantitative estimate of drug-likeness (QED) is 0.916. The second kappa shape index (κ2) is 5.02. The minimum Gasteiger partial charge on any atom is -0.481 e. The first-order valence-corrected chi connectivity index (χ1v) is 6.65. The van der Waals surface area contributed by atoms with Gasteiger partial charge in [0.2, 0.25) is 5.88 Å². The van der Waals surface area contributed by atoms with Crippen molar-refractivity contribution in [2.45, 2.75) is 18.8 Å². The molecule has 1 heterocycles. The number of methoxy groups -OCH3 is 1. The monoisotopic (exact) mass is 254 g/mol. The molecule has 1 aromatic heterocycles. The summed E-state index contributed by atoms with van der Waals surface area (Å²) in [5.74, 6) is 1.17. The number of hydrogen-bond donors (Lipinski definition) is 1. The second-order valence-corrected chi connectivity index (χ2v) is 4.95. The van der Waals surface area contributed by atoms with Gasteiger partial charge in [-0.25, -0.2) is 4.98 Å². The van der Waals surface area contributed by atoms with Crippen LogP contribution in [0.25, 0.3) is 11.1 Å². The maximum Gasteiger partial charge on any atom is 0.221 e. The van der Waals surface area contributed by atoms with E-state index >= 15 is 0 Å². The van der Waals surface area contributed by atoms with Crippen LogP contribution in [0.1, 0.15) is 23.5 Å². The van der Waals surface area contributed by atoms with Gasteiger partial charge in [-0.2, -0.15) is 0 Å². The Morgan fingerprint density at radius 1 is 1.37 bits per heavy atom. The summed E-state index contributed by atoms with van der Waals surface area (Å²) in [5, 5.41) is 0. The van der Waals surface area contributed by atoms with Crippen LogP contribution >= 0.6 is 0 Å². The van der Waals surface area contributed by atoms with Crippen LogP contribution in [0.4, 0.5) is 0 Å². The van der Waals surface area contributed by atoms with Crippen LogP contribution in [-0.2, 0) is 6.42 Å². The number of nitrogens with two attached hydrogens (primary N) is 1. The normalized spacial score (nSPS) is 17.3. The summed E-state index contributed by atoms with van der Waals surface area (Å²) in [4.78, 5) is 4.26. The van der Waals surface area contributed by atoms with Gasteiger partial charge >= 0.3 is 0 Å². The lowest BCUT2D eigenvalue weighted by atomic mass is 9.96. The zero-order chi connectivity index (χ0) is 13.2. The Morgan fingerprint density at radius 3 is 3.05 bits per heavy atom. The predicted octanol–water partition coefficient (Wildman–Crippen LogP) is 2.75. The Bertz CT molecular complexity index is 595. The molecule has 0 saturated heterocycles. The lowest BCUT2D eigenvalue weighted by molar-refractivity contribution is 0.399. The molecule has 3 nitrogen and oxygen atoms in total. The predicted molar refractivity (Wildman–Crippen MR) is 76.3 cm³/mol. The van der Waals surface area contributed by atoms with E-state index in [1.165, 1.54) is 17.5 Å². The molecule has 1 atom stereocenters. The van der Waals surface area contributed by atoms with Crippen LogP contribution in [0.2, 0.25) is 0 Å². The zero-order valence-corrected chi connectivity index (χ0v) is 11.1. The van der Waals surface area contributed by atoms with Crippen LogP contribution in [0, 0.1) is 0 Å². The Labute approximate surface area is 113 Å². The van der Waals surface area contributed by atoms with Crippen molar-refractivity contribution in [3.05, 3.63) is 47.7 Å². The first-order chi connectivity index (χ1) is 9.33. The summed E-state index contributed by atoms with van der Waals surface area (Å²) in [6.45, 7) is 0.723. The van der Waals surface area contributed by atoms with Gasteiger partial charge < -0.3 is 10.5 Å². The van der Waals surface area contributed by atoms with Crippen molar-refractivity contribution in [3.8, 4) is 17.0 Å². The van der Waals surface area contributed by atoms with Crippen LogP contribution in [-0.4, -0.2) is 18.6 Å². The highest BCUT2D eigenvalue weighted by molar-refractivity contribution is 5.70. The largest absolute Gasteiger partial charge is 0.481 e. The third-order valence-corrected chi connectivity index (χ3v) is 3.91. The van der Waals surface area contributed by atoms with Crippen LogP contribution in [0.15, 0.2) is 36.5 Å². The van der Waals surface area contributed by atoms with Crippen molar-refractivity contribution in [2.75, 3.05) is 13.7 Å². The fourth-order valence-electron chi connectivity index (χ4n) is 2.87. The van der Waals surface area contributed by atoms with Crippen LogP contribution in [0.3, 0.4) is 0 Å². The number of ether oxygens (including phenoxy) is 1. The molecule has 2 aromatic rings. The fraction of sp³-hybridized carbons (Fsp3) is 0.312. The van der Waals surface area contributed by atoms with E-state index in [2.05, 4.69) is 23.2 Å². The topological polar surface area (TPSA) is 48.1 Å². The van der Waals surface area contributed by atoms with Gasteiger partial charge in [0.25, 0.3) is 0 Å². The van der Waals surface area contributed by atoms with Crippen LogP contribution < -0.4 is 10.5 Å². The summed E-state index contributed by atoms with van der Waals surface area (Å²) in [6.07, 6.45) is 4.06. The average Bonchev–Trinajstić information content (AvgIpc) is 2.89.